The molecule has 0 aliphatic heterocycles. The standard InChI is InChI=1S/C15H25N3OS2/c1-5-7-12(21-9-8-10(3)6-2)17-13-11(4)16-15(20)18-14(13)19/h7,10,17H,5-6,8-9H2,1-4H3,(H2,16,18,19,20)/b12-7+. The number of nitrogens with one attached hydrogen (secondary N) is 3. The van der Waals surface area contributed by atoms with E-state index in [2.05, 4.69) is 42.1 Å². The van der Waals surface area contributed by atoms with Crippen molar-refractivity contribution < 1.29 is 0 Å². The van der Waals surface area contributed by atoms with Crippen LogP contribution in [0, 0.1) is 17.6 Å². The summed E-state index contributed by atoms with van der Waals surface area (Å²) in [5.74, 6) is 1.78. The molecule has 3 N–H and O–H groups in total. The lowest BCUT2D eigenvalue weighted by Crippen LogP contribution is -2.16. The van der Waals surface area contributed by atoms with Crippen LogP contribution in [0.25, 0.3) is 0 Å². The Kier molecular flexibility index (Phi) is 7.82. The van der Waals surface area contributed by atoms with E-state index in [1.165, 1.54) is 12.8 Å². The van der Waals surface area contributed by atoms with Crippen LogP contribution >= 0.6 is 24.0 Å². The fraction of sp³-hybridized carbons (Fsp3) is 0.600. The number of H-pyrrole nitrogens is 2. The molecule has 21 heavy (non-hydrogen) atoms. The van der Waals surface area contributed by atoms with Gasteiger partial charge in [0.25, 0.3) is 5.56 Å². The van der Waals surface area contributed by atoms with Gasteiger partial charge in [0.2, 0.25) is 0 Å². The maximum atomic E-state index is 12.0. The molecular weight excluding hydrogens is 302 g/mol. The monoisotopic (exact) mass is 327 g/mol. The minimum atomic E-state index is -0.180. The second kappa shape index (κ2) is 9.10. The van der Waals surface area contributed by atoms with Crippen molar-refractivity contribution in [1.82, 2.24) is 9.97 Å². The van der Waals surface area contributed by atoms with E-state index in [9.17, 15) is 4.79 Å². The molecule has 0 spiro atoms. The molecule has 0 amide bonds. The molecule has 0 fully saturated rings. The van der Waals surface area contributed by atoms with Crippen LogP contribution in [0.2, 0.25) is 0 Å². The molecule has 0 aliphatic rings. The average molecular weight is 328 g/mol. The molecule has 0 aromatic carbocycles. The number of rotatable bonds is 8. The number of hydrogen-bond acceptors (Lipinski definition) is 4. The lowest BCUT2D eigenvalue weighted by molar-refractivity contribution is 0.549. The van der Waals surface area contributed by atoms with Crippen LogP contribution in [0.5, 0.6) is 0 Å². The Balaban J connectivity index is 2.78. The van der Waals surface area contributed by atoms with Crippen molar-refractivity contribution >= 4 is 29.7 Å². The van der Waals surface area contributed by atoms with Crippen LogP contribution in [0.3, 0.4) is 0 Å². The second-order valence-corrected chi connectivity index (χ2v) is 6.71. The van der Waals surface area contributed by atoms with E-state index < -0.39 is 0 Å². The quantitative estimate of drug-likeness (QED) is 0.612. The molecule has 1 aromatic heterocycles. The number of aromatic nitrogens is 2. The highest BCUT2D eigenvalue weighted by Gasteiger charge is 2.08. The number of aromatic amines is 2. The summed E-state index contributed by atoms with van der Waals surface area (Å²) in [4.78, 5) is 17.6. The number of anilines is 1. The normalized spacial score (nSPS) is 13.2. The van der Waals surface area contributed by atoms with Crippen LogP contribution in [0.1, 0.15) is 45.7 Å². The highest BCUT2D eigenvalue weighted by atomic mass is 32.2. The molecular formula is C15H25N3OS2. The molecule has 1 aromatic rings. The van der Waals surface area contributed by atoms with Crippen molar-refractivity contribution in [2.75, 3.05) is 11.1 Å². The van der Waals surface area contributed by atoms with E-state index in [-0.39, 0.29) is 5.56 Å². The molecule has 1 unspecified atom stereocenters. The van der Waals surface area contributed by atoms with Crippen LogP contribution in [0.4, 0.5) is 5.69 Å². The summed E-state index contributed by atoms with van der Waals surface area (Å²) >= 11 is 6.73. The second-order valence-electron chi connectivity index (χ2n) is 5.16. The first kappa shape index (κ1) is 18.0. The van der Waals surface area contributed by atoms with E-state index in [0.717, 1.165) is 28.8 Å². The third-order valence-electron chi connectivity index (χ3n) is 3.33. The Labute approximate surface area is 135 Å². The van der Waals surface area contributed by atoms with Gasteiger partial charge in [0.05, 0.1) is 5.03 Å². The third kappa shape index (κ3) is 6.09. The fourth-order valence-electron chi connectivity index (χ4n) is 1.78. The van der Waals surface area contributed by atoms with Gasteiger partial charge < -0.3 is 10.3 Å². The van der Waals surface area contributed by atoms with Gasteiger partial charge in [-0.05, 0) is 43.7 Å². The Morgan fingerprint density at radius 1 is 1.43 bits per heavy atom. The van der Waals surface area contributed by atoms with Gasteiger partial charge in [0.15, 0.2) is 4.77 Å². The summed E-state index contributed by atoms with van der Waals surface area (Å²) in [5.41, 5.74) is 1.12. The lowest BCUT2D eigenvalue weighted by atomic mass is 10.1. The highest BCUT2D eigenvalue weighted by Crippen LogP contribution is 2.22. The van der Waals surface area contributed by atoms with E-state index in [4.69, 9.17) is 12.2 Å². The zero-order valence-corrected chi connectivity index (χ0v) is 14.8. The summed E-state index contributed by atoms with van der Waals surface area (Å²) in [6, 6.07) is 0. The van der Waals surface area contributed by atoms with Gasteiger partial charge in [-0.2, -0.15) is 0 Å². The smallest absolute Gasteiger partial charge is 0.275 e. The van der Waals surface area contributed by atoms with Gasteiger partial charge >= 0.3 is 0 Å². The molecule has 4 nitrogen and oxygen atoms in total. The molecule has 118 valence electrons. The minimum absolute atomic E-state index is 0.180. The maximum absolute atomic E-state index is 12.0. The molecule has 0 saturated heterocycles. The van der Waals surface area contributed by atoms with Gasteiger partial charge in [-0.25, -0.2) is 0 Å². The Bertz CT molecular complexity index is 589. The predicted molar refractivity (Wildman–Crippen MR) is 95.5 cm³/mol. The van der Waals surface area contributed by atoms with Crippen molar-refractivity contribution in [2.45, 2.75) is 47.0 Å². The molecule has 0 aliphatic carbocycles. The van der Waals surface area contributed by atoms with Crippen molar-refractivity contribution in [2.24, 2.45) is 5.92 Å². The Morgan fingerprint density at radius 2 is 2.14 bits per heavy atom. The van der Waals surface area contributed by atoms with Crippen molar-refractivity contribution in [3.8, 4) is 0 Å². The summed E-state index contributed by atoms with van der Waals surface area (Å²) < 4.78 is 0.355. The van der Waals surface area contributed by atoms with E-state index in [1.807, 2.05) is 6.92 Å². The van der Waals surface area contributed by atoms with E-state index in [1.54, 1.807) is 11.8 Å². The minimum Gasteiger partial charge on any atom is -0.345 e. The Hall–Kier alpha value is -1.01. The first-order valence-electron chi connectivity index (χ1n) is 7.41. The first-order chi connectivity index (χ1) is 9.97. The molecule has 6 heteroatoms. The molecule has 1 rings (SSSR count). The zero-order valence-electron chi connectivity index (χ0n) is 13.2. The summed E-state index contributed by atoms with van der Waals surface area (Å²) in [5, 5.41) is 4.27. The average Bonchev–Trinajstić information content (AvgIpc) is 2.42. The molecule has 1 heterocycles. The van der Waals surface area contributed by atoms with Gasteiger partial charge in [-0.15, -0.1) is 11.8 Å². The number of allylic oxidation sites excluding steroid dienone is 1. The molecule has 0 radical (unpaired) electrons. The van der Waals surface area contributed by atoms with Gasteiger partial charge in [-0.3, -0.25) is 9.78 Å². The molecule has 1 atom stereocenters. The number of hydrogen-bond donors (Lipinski definition) is 3. The highest BCUT2D eigenvalue weighted by molar-refractivity contribution is 8.03. The largest absolute Gasteiger partial charge is 0.345 e. The first-order valence-corrected chi connectivity index (χ1v) is 8.80. The third-order valence-corrected chi connectivity index (χ3v) is 4.56. The van der Waals surface area contributed by atoms with Crippen molar-refractivity contribution in [1.29, 1.82) is 0 Å². The summed E-state index contributed by atoms with van der Waals surface area (Å²) in [6.45, 7) is 8.42. The molecule has 0 bridgehead atoms. The van der Waals surface area contributed by atoms with Crippen LogP contribution < -0.4 is 10.9 Å². The summed E-state index contributed by atoms with van der Waals surface area (Å²) in [7, 11) is 0. The van der Waals surface area contributed by atoms with E-state index >= 15 is 0 Å². The fourth-order valence-corrected chi connectivity index (χ4v) is 3.22. The molecule has 0 saturated carbocycles. The summed E-state index contributed by atoms with van der Waals surface area (Å²) in [6.07, 6.45) is 5.42. The zero-order chi connectivity index (χ0) is 15.8. The van der Waals surface area contributed by atoms with E-state index in [0.29, 0.717) is 10.5 Å². The number of aryl methyl sites for hydroxylation is 1. The SMILES string of the molecule is CC/C=C(\Nc1c(C)[nH]c(=S)[nH]c1=O)SCCC(C)CC. The topological polar surface area (TPSA) is 60.7 Å². The van der Waals surface area contributed by atoms with Gasteiger partial charge in [0, 0.05) is 5.69 Å². The lowest BCUT2D eigenvalue weighted by Gasteiger charge is -2.13. The predicted octanol–water partition coefficient (Wildman–Crippen LogP) is 4.57. The maximum Gasteiger partial charge on any atom is 0.275 e. The van der Waals surface area contributed by atoms with Crippen molar-refractivity contribution in [3.63, 3.8) is 0 Å². The van der Waals surface area contributed by atoms with Crippen molar-refractivity contribution in [3.05, 3.63) is 31.9 Å². The van der Waals surface area contributed by atoms with Crippen LogP contribution in [-0.2, 0) is 0 Å². The van der Waals surface area contributed by atoms with Crippen LogP contribution in [-0.4, -0.2) is 15.7 Å². The van der Waals surface area contributed by atoms with Gasteiger partial charge in [0.1, 0.15) is 5.69 Å². The van der Waals surface area contributed by atoms with Gasteiger partial charge in [-0.1, -0.05) is 33.3 Å². The number of thioether (sulfide) groups is 1. The van der Waals surface area contributed by atoms with Crippen LogP contribution in [0.15, 0.2) is 15.9 Å². The Morgan fingerprint density at radius 3 is 2.71 bits per heavy atom.